The number of aryl methyl sites for hydroxylation is 2. The molecule has 0 saturated carbocycles. The molecule has 0 bridgehead atoms. The molecule has 0 aliphatic carbocycles. The van der Waals surface area contributed by atoms with Gasteiger partial charge in [-0.1, -0.05) is 18.2 Å². The van der Waals surface area contributed by atoms with Gasteiger partial charge < -0.3 is 15.5 Å². The lowest BCUT2D eigenvalue weighted by Crippen LogP contribution is -2.33. The molecule has 2 aliphatic rings. The number of rotatable bonds is 4. The quantitative estimate of drug-likeness (QED) is 0.630. The first-order valence-electron chi connectivity index (χ1n) is 10.7. The van der Waals surface area contributed by atoms with E-state index in [0.717, 1.165) is 22.5 Å². The van der Waals surface area contributed by atoms with Gasteiger partial charge in [-0.05, 0) is 49.2 Å². The lowest BCUT2D eigenvalue weighted by Gasteiger charge is -2.28. The van der Waals surface area contributed by atoms with Gasteiger partial charge in [0.1, 0.15) is 17.5 Å². The first-order valence-corrected chi connectivity index (χ1v) is 10.7. The van der Waals surface area contributed by atoms with E-state index >= 15 is 4.39 Å². The number of nitrogens with one attached hydrogen (secondary N) is 2. The summed E-state index contributed by atoms with van der Waals surface area (Å²) in [6.07, 6.45) is 3.56. The lowest BCUT2D eigenvalue weighted by molar-refractivity contribution is 0.102. The van der Waals surface area contributed by atoms with Crippen LogP contribution in [-0.4, -0.2) is 41.8 Å². The van der Waals surface area contributed by atoms with Crippen molar-refractivity contribution in [2.75, 3.05) is 35.7 Å². The van der Waals surface area contributed by atoms with Gasteiger partial charge in [0, 0.05) is 42.2 Å². The Labute approximate surface area is 191 Å². The van der Waals surface area contributed by atoms with Crippen molar-refractivity contribution in [1.29, 1.82) is 0 Å². The molecule has 0 atom stereocenters. The third kappa shape index (κ3) is 3.63. The Morgan fingerprint density at radius 1 is 1.18 bits per heavy atom. The summed E-state index contributed by atoms with van der Waals surface area (Å²) in [5, 5.41) is 5.75. The van der Waals surface area contributed by atoms with Crippen molar-refractivity contribution >= 4 is 40.8 Å². The molecule has 2 aliphatic heterocycles. The fourth-order valence-electron chi connectivity index (χ4n) is 4.21. The predicted octanol–water partition coefficient (Wildman–Crippen LogP) is 4.30. The molecule has 5 rings (SSSR count). The Balaban J connectivity index is 1.59. The Hall–Kier alpha value is -4.07. The minimum atomic E-state index is -0.572. The molecule has 33 heavy (non-hydrogen) atoms. The number of carbonyl (C=O) groups excluding carboxylic acids is 1. The van der Waals surface area contributed by atoms with Crippen LogP contribution in [-0.2, 0) is 0 Å². The normalized spacial score (nSPS) is 14.2. The molecule has 0 saturated heterocycles. The minimum absolute atomic E-state index is 0.0178. The molecule has 0 radical (unpaired) electrons. The smallest absolute Gasteiger partial charge is 0.258 e. The average Bonchev–Trinajstić information content (AvgIpc) is 3.29. The van der Waals surface area contributed by atoms with Crippen molar-refractivity contribution in [3.63, 3.8) is 0 Å². The summed E-state index contributed by atoms with van der Waals surface area (Å²) >= 11 is 0. The second-order valence-corrected chi connectivity index (χ2v) is 8.08. The Morgan fingerprint density at radius 2 is 2.03 bits per heavy atom. The number of fused-ring (bicyclic) bond motifs is 3. The Morgan fingerprint density at radius 3 is 2.82 bits per heavy atom. The van der Waals surface area contributed by atoms with Gasteiger partial charge in [-0.15, -0.1) is 0 Å². The van der Waals surface area contributed by atoms with Crippen LogP contribution in [0.25, 0.3) is 11.6 Å². The van der Waals surface area contributed by atoms with Crippen LogP contribution in [0, 0.1) is 19.7 Å². The van der Waals surface area contributed by atoms with Crippen LogP contribution in [0.3, 0.4) is 0 Å². The number of amides is 1. The van der Waals surface area contributed by atoms with Crippen molar-refractivity contribution < 1.29 is 9.18 Å². The number of halogens is 1. The van der Waals surface area contributed by atoms with Crippen LogP contribution in [0.4, 0.5) is 21.8 Å². The summed E-state index contributed by atoms with van der Waals surface area (Å²) in [6, 6.07) is 10.7. The second-order valence-electron chi connectivity index (χ2n) is 8.08. The summed E-state index contributed by atoms with van der Waals surface area (Å²) in [7, 11) is 1.76. The maximum Gasteiger partial charge on any atom is 0.258 e. The highest BCUT2D eigenvalue weighted by molar-refractivity contribution is 6.36. The highest BCUT2D eigenvalue weighted by Crippen LogP contribution is 2.37. The average molecular weight is 442 g/mol. The number of aliphatic imine (C=N–C) groups is 1. The first kappa shape index (κ1) is 20.8. The topological polar surface area (TPSA) is 82.5 Å². The predicted molar refractivity (Wildman–Crippen MR) is 129 cm³/mol. The SMILES string of the molecule is CNc1ncc2c(n1)N1CCN=C1C(c1c(C)ccc(C(=O)Nc3cccc(C)c3)c1F)=C2. The molecule has 7 nitrogen and oxygen atoms in total. The summed E-state index contributed by atoms with van der Waals surface area (Å²) in [6.45, 7) is 5.00. The van der Waals surface area contributed by atoms with Gasteiger partial charge in [-0.25, -0.2) is 9.37 Å². The van der Waals surface area contributed by atoms with E-state index in [4.69, 9.17) is 0 Å². The number of amidine groups is 1. The van der Waals surface area contributed by atoms with E-state index in [2.05, 4.69) is 25.6 Å². The van der Waals surface area contributed by atoms with Crippen LogP contribution in [0.15, 0.2) is 47.6 Å². The highest BCUT2D eigenvalue weighted by Gasteiger charge is 2.33. The minimum Gasteiger partial charge on any atom is -0.357 e. The van der Waals surface area contributed by atoms with E-state index in [1.54, 1.807) is 25.4 Å². The number of hydrogen-bond acceptors (Lipinski definition) is 6. The maximum absolute atomic E-state index is 15.9. The Bertz CT molecular complexity index is 1350. The molecule has 0 spiro atoms. The van der Waals surface area contributed by atoms with E-state index in [1.165, 1.54) is 6.07 Å². The van der Waals surface area contributed by atoms with Gasteiger partial charge in [0.2, 0.25) is 5.95 Å². The molecule has 2 N–H and O–H groups in total. The van der Waals surface area contributed by atoms with Crippen molar-refractivity contribution in [2.24, 2.45) is 4.99 Å². The number of nitrogens with zero attached hydrogens (tertiary/aromatic N) is 4. The van der Waals surface area contributed by atoms with E-state index in [-0.39, 0.29) is 5.56 Å². The van der Waals surface area contributed by atoms with Crippen LogP contribution < -0.4 is 15.5 Å². The number of benzene rings is 2. The van der Waals surface area contributed by atoms with Crippen molar-refractivity contribution in [2.45, 2.75) is 13.8 Å². The maximum atomic E-state index is 15.9. The fraction of sp³-hybridized carbons (Fsp3) is 0.200. The van der Waals surface area contributed by atoms with E-state index in [9.17, 15) is 4.79 Å². The van der Waals surface area contributed by atoms with Gasteiger partial charge in [-0.2, -0.15) is 4.98 Å². The summed E-state index contributed by atoms with van der Waals surface area (Å²) < 4.78 is 15.9. The highest BCUT2D eigenvalue weighted by atomic mass is 19.1. The zero-order valence-electron chi connectivity index (χ0n) is 18.6. The number of hydrogen-bond donors (Lipinski definition) is 2. The second kappa shape index (κ2) is 8.12. The van der Waals surface area contributed by atoms with Crippen LogP contribution >= 0.6 is 0 Å². The summed E-state index contributed by atoms with van der Waals surface area (Å²) in [4.78, 5) is 28.4. The summed E-state index contributed by atoms with van der Waals surface area (Å²) in [5.74, 6) is 0.830. The fourth-order valence-corrected chi connectivity index (χ4v) is 4.21. The molecule has 166 valence electrons. The van der Waals surface area contributed by atoms with E-state index in [1.807, 2.05) is 43.0 Å². The van der Waals surface area contributed by atoms with E-state index in [0.29, 0.717) is 41.7 Å². The summed E-state index contributed by atoms with van der Waals surface area (Å²) in [5.41, 5.74) is 4.09. The van der Waals surface area contributed by atoms with Crippen molar-refractivity contribution in [3.8, 4) is 0 Å². The lowest BCUT2D eigenvalue weighted by atomic mass is 9.92. The molecular weight excluding hydrogens is 419 g/mol. The van der Waals surface area contributed by atoms with Crippen molar-refractivity contribution in [3.05, 3.63) is 76.2 Å². The van der Waals surface area contributed by atoms with Gasteiger partial charge in [0.15, 0.2) is 0 Å². The molecule has 1 amide bonds. The van der Waals surface area contributed by atoms with Crippen molar-refractivity contribution in [1.82, 2.24) is 9.97 Å². The molecule has 0 fully saturated rings. The van der Waals surface area contributed by atoms with Gasteiger partial charge in [-0.3, -0.25) is 9.79 Å². The number of carbonyl (C=O) groups is 1. The first-order chi connectivity index (χ1) is 16.0. The van der Waals surface area contributed by atoms with Crippen LogP contribution in [0.5, 0.6) is 0 Å². The molecule has 1 aromatic heterocycles. The van der Waals surface area contributed by atoms with Crippen LogP contribution in [0.1, 0.15) is 32.6 Å². The largest absolute Gasteiger partial charge is 0.357 e. The Kier molecular flexibility index (Phi) is 5.12. The monoisotopic (exact) mass is 442 g/mol. The van der Waals surface area contributed by atoms with Gasteiger partial charge in [0.05, 0.1) is 12.1 Å². The molecular formula is C25H23FN6O. The zero-order chi connectivity index (χ0) is 23.1. The number of aromatic nitrogens is 2. The standard InChI is InChI=1S/C25H23FN6O/c1-14-5-4-6-17(11-14)30-24(33)18-8-7-15(2)20(21(18)26)19-12-16-13-29-25(27-3)31-22(16)32-10-9-28-23(19)32/h4-8,11-13H,9-10H2,1-3H3,(H,30,33)(H,27,29,31). The van der Waals surface area contributed by atoms with Gasteiger partial charge in [0.25, 0.3) is 5.91 Å². The van der Waals surface area contributed by atoms with E-state index < -0.39 is 11.7 Å². The molecule has 0 unspecified atom stereocenters. The number of anilines is 3. The zero-order valence-corrected chi connectivity index (χ0v) is 18.6. The third-order valence-corrected chi connectivity index (χ3v) is 5.80. The molecule has 8 heteroatoms. The third-order valence-electron chi connectivity index (χ3n) is 5.80. The van der Waals surface area contributed by atoms with Crippen LogP contribution in [0.2, 0.25) is 0 Å². The molecule has 2 aromatic carbocycles. The molecule has 3 aromatic rings. The van der Waals surface area contributed by atoms with Gasteiger partial charge >= 0.3 is 0 Å². The molecule has 3 heterocycles.